The Bertz CT molecular complexity index is 406. The van der Waals surface area contributed by atoms with Crippen molar-refractivity contribution in [3.63, 3.8) is 0 Å². The second-order valence-electron chi connectivity index (χ2n) is 2.94. The molecule has 0 aromatic heterocycles. The molecule has 1 aromatic carbocycles. The second kappa shape index (κ2) is 4.73. The summed E-state index contributed by atoms with van der Waals surface area (Å²) in [7, 11) is 0. The van der Waals surface area contributed by atoms with E-state index in [1.54, 1.807) is 0 Å². The first-order chi connectivity index (χ1) is 7.28. The molecule has 0 saturated carbocycles. The van der Waals surface area contributed by atoms with Crippen LogP contribution in [0.3, 0.4) is 0 Å². The normalized spacial score (nSPS) is 11.2. The Hall–Kier alpha value is -1.24. The Labute approximate surface area is 97.5 Å². The number of rotatable bonds is 3. The van der Waals surface area contributed by atoms with Crippen LogP contribution in [0.5, 0.6) is 5.75 Å². The molecule has 88 valence electrons. The molecule has 0 spiro atoms. The van der Waals surface area contributed by atoms with Gasteiger partial charge in [0.25, 0.3) is 0 Å². The first kappa shape index (κ1) is 12.8. The highest BCUT2D eigenvalue weighted by molar-refractivity contribution is 9.10. The minimum absolute atomic E-state index is 0.157. The quantitative estimate of drug-likeness (QED) is 0.931. The van der Waals surface area contributed by atoms with Crippen LogP contribution in [0.15, 0.2) is 22.7 Å². The van der Waals surface area contributed by atoms with E-state index >= 15 is 0 Å². The summed E-state index contributed by atoms with van der Waals surface area (Å²) >= 11 is 3.09. The standard InChI is InChI=1S/C9H7BrF3NO2/c10-7-2-1-6(16-9(11,12)13)3-5(7)4-8(14)15/h1-3H,4H2,(H2,14,15). The molecule has 0 unspecified atom stereocenters. The van der Waals surface area contributed by atoms with Gasteiger partial charge in [-0.1, -0.05) is 15.9 Å². The molecule has 1 rings (SSSR count). The molecule has 16 heavy (non-hydrogen) atoms. The van der Waals surface area contributed by atoms with E-state index in [1.807, 2.05) is 0 Å². The number of primary amides is 1. The molecule has 3 nitrogen and oxygen atoms in total. The van der Waals surface area contributed by atoms with Crippen LogP contribution >= 0.6 is 15.9 Å². The maximum atomic E-state index is 11.9. The lowest BCUT2D eigenvalue weighted by molar-refractivity contribution is -0.274. The van der Waals surface area contributed by atoms with Crippen molar-refractivity contribution in [3.05, 3.63) is 28.2 Å². The molecule has 0 atom stereocenters. The van der Waals surface area contributed by atoms with Gasteiger partial charge in [0.05, 0.1) is 6.42 Å². The van der Waals surface area contributed by atoms with E-state index in [4.69, 9.17) is 5.73 Å². The van der Waals surface area contributed by atoms with Crippen LogP contribution in [0.25, 0.3) is 0 Å². The van der Waals surface area contributed by atoms with Crippen LogP contribution < -0.4 is 10.5 Å². The van der Waals surface area contributed by atoms with Gasteiger partial charge in [0.2, 0.25) is 5.91 Å². The van der Waals surface area contributed by atoms with Gasteiger partial charge in [-0.15, -0.1) is 13.2 Å². The zero-order chi connectivity index (χ0) is 12.3. The fraction of sp³-hybridized carbons (Fsp3) is 0.222. The minimum Gasteiger partial charge on any atom is -0.406 e. The van der Waals surface area contributed by atoms with E-state index < -0.39 is 12.3 Å². The molecular formula is C9H7BrF3NO2. The summed E-state index contributed by atoms with van der Waals surface area (Å²) in [6.07, 6.45) is -4.91. The molecule has 0 heterocycles. The number of carbonyl (C=O) groups is 1. The molecule has 2 N–H and O–H groups in total. The fourth-order valence-corrected chi connectivity index (χ4v) is 1.46. The smallest absolute Gasteiger partial charge is 0.406 e. The van der Waals surface area contributed by atoms with Gasteiger partial charge in [-0.3, -0.25) is 4.79 Å². The van der Waals surface area contributed by atoms with Gasteiger partial charge in [0.15, 0.2) is 0 Å². The zero-order valence-electron chi connectivity index (χ0n) is 7.84. The Morgan fingerprint density at radius 3 is 2.56 bits per heavy atom. The third kappa shape index (κ3) is 4.09. The Kier molecular flexibility index (Phi) is 3.79. The fourth-order valence-electron chi connectivity index (χ4n) is 1.07. The number of carbonyl (C=O) groups excluding carboxylic acids is 1. The molecule has 1 aromatic rings. The number of hydrogen-bond donors (Lipinski definition) is 1. The number of nitrogens with two attached hydrogens (primary N) is 1. The van der Waals surface area contributed by atoms with Gasteiger partial charge in [-0.2, -0.15) is 0 Å². The molecule has 0 aliphatic heterocycles. The number of hydrogen-bond acceptors (Lipinski definition) is 2. The highest BCUT2D eigenvalue weighted by Crippen LogP contribution is 2.27. The summed E-state index contributed by atoms with van der Waals surface area (Å²) in [4.78, 5) is 10.7. The second-order valence-corrected chi connectivity index (χ2v) is 3.80. The predicted molar refractivity (Wildman–Crippen MR) is 53.7 cm³/mol. The van der Waals surface area contributed by atoms with Gasteiger partial charge < -0.3 is 10.5 Å². The predicted octanol–water partition coefficient (Wildman–Crippen LogP) is 2.38. The lowest BCUT2D eigenvalue weighted by atomic mass is 10.1. The van der Waals surface area contributed by atoms with Crippen LogP contribution in [-0.4, -0.2) is 12.3 Å². The first-order valence-electron chi connectivity index (χ1n) is 4.10. The Balaban J connectivity index is 2.93. The van der Waals surface area contributed by atoms with E-state index in [9.17, 15) is 18.0 Å². The topological polar surface area (TPSA) is 52.3 Å². The van der Waals surface area contributed by atoms with Gasteiger partial charge >= 0.3 is 6.36 Å². The average molecular weight is 298 g/mol. The molecule has 0 saturated heterocycles. The highest BCUT2D eigenvalue weighted by Gasteiger charge is 2.31. The average Bonchev–Trinajstić information content (AvgIpc) is 2.07. The lowest BCUT2D eigenvalue weighted by Crippen LogP contribution is -2.18. The van der Waals surface area contributed by atoms with Crippen molar-refractivity contribution in [2.24, 2.45) is 5.73 Å². The number of benzene rings is 1. The van der Waals surface area contributed by atoms with E-state index in [1.165, 1.54) is 6.07 Å². The van der Waals surface area contributed by atoms with Crippen molar-refractivity contribution >= 4 is 21.8 Å². The van der Waals surface area contributed by atoms with E-state index in [2.05, 4.69) is 20.7 Å². The van der Waals surface area contributed by atoms with Crippen LogP contribution in [-0.2, 0) is 11.2 Å². The van der Waals surface area contributed by atoms with Crippen LogP contribution in [0.2, 0.25) is 0 Å². The molecule has 0 fully saturated rings. The van der Waals surface area contributed by atoms with E-state index in [-0.39, 0.29) is 12.2 Å². The lowest BCUT2D eigenvalue weighted by Gasteiger charge is -2.10. The summed E-state index contributed by atoms with van der Waals surface area (Å²) in [6, 6.07) is 3.61. The molecule has 0 aliphatic carbocycles. The maximum Gasteiger partial charge on any atom is 0.573 e. The molecule has 0 radical (unpaired) electrons. The minimum atomic E-state index is -4.75. The summed E-state index contributed by atoms with van der Waals surface area (Å²) in [6.45, 7) is 0. The molecule has 1 amide bonds. The summed E-state index contributed by atoms with van der Waals surface area (Å²) in [5, 5.41) is 0. The summed E-state index contributed by atoms with van der Waals surface area (Å²) < 4.78 is 39.9. The third-order valence-corrected chi connectivity index (χ3v) is 2.39. The van der Waals surface area contributed by atoms with Crippen molar-refractivity contribution in [2.45, 2.75) is 12.8 Å². The van der Waals surface area contributed by atoms with Gasteiger partial charge in [0.1, 0.15) is 5.75 Å². The van der Waals surface area contributed by atoms with E-state index in [0.717, 1.165) is 12.1 Å². The third-order valence-electron chi connectivity index (χ3n) is 1.62. The van der Waals surface area contributed by atoms with E-state index in [0.29, 0.717) is 10.0 Å². The van der Waals surface area contributed by atoms with Crippen molar-refractivity contribution in [3.8, 4) is 5.75 Å². The SMILES string of the molecule is NC(=O)Cc1cc(OC(F)(F)F)ccc1Br. The number of alkyl halides is 3. The monoisotopic (exact) mass is 297 g/mol. The van der Waals surface area contributed by atoms with Crippen molar-refractivity contribution in [1.29, 1.82) is 0 Å². The molecule has 0 bridgehead atoms. The Morgan fingerprint density at radius 1 is 1.44 bits per heavy atom. The van der Waals surface area contributed by atoms with Crippen LogP contribution in [0, 0.1) is 0 Å². The molecule has 0 aliphatic rings. The van der Waals surface area contributed by atoms with Crippen molar-refractivity contribution in [2.75, 3.05) is 0 Å². The van der Waals surface area contributed by atoms with Gasteiger partial charge in [0, 0.05) is 4.47 Å². The number of ether oxygens (including phenoxy) is 1. The van der Waals surface area contributed by atoms with Crippen LogP contribution in [0.1, 0.15) is 5.56 Å². The van der Waals surface area contributed by atoms with Crippen molar-refractivity contribution < 1.29 is 22.7 Å². The maximum absolute atomic E-state index is 11.9. The first-order valence-corrected chi connectivity index (χ1v) is 4.90. The Morgan fingerprint density at radius 2 is 2.06 bits per heavy atom. The van der Waals surface area contributed by atoms with Gasteiger partial charge in [-0.05, 0) is 23.8 Å². The highest BCUT2D eigenvalue weighted by atomic mass is 79.9. The number of halogens is 4. The largest absolute Gasteiger partial charge is 0.573 e. The van der Waals surface area contributed by atoms with Crippen LogP contribution in [0.4, 0.5) is 13.2 Å². The molecule has 7 heteroatoms. The molecular weight excluding hydrogens is 291 g/mol. The summed E-state index contributed by atoms with van der Waals surface area (Å²) in [5.41, 5.74) is 5.29. The zero-order valence-corrected chi connectivity index (χ0v) is 9.43. The van der Waals surface area contributed by atoms with Gasteiger partial charge in [-0.25, -0.2) is 0 Å². The summed E-state index contributed by atoms with van der Waals surface area (Å²) in [5.74, 6) is -1.02. The van der Waals surface area contributed by atoms with Crippen molar-refractivity contribution in [1.82, 2.24) is 0 Å². The number of amides is 1.